The lowest BCUT2D eigenvalue weighted by Crippen LogP contribution is -2.36. The van der Waals surface area contributed by atoms with Gasteiger partial charge in [0, 0.05) is 12.5 Å². The number of hydrogen-bond donors (Lipinski definition) is 2. The first-order valence-electron chi connectivity index (χ1n) is 6.15. The van der Waals surface area contributed by atoms with E-state index in [2.05, 4.69) is 10.0 Å². The third-order valence-corrected chi connectivity index (χ3v) is 3.99. The van der Waals surface area contributed by atoms with Crippen LogP contribution in [0.4, 0.5) is 0 Å². The first kappa shape index (κ1) is 16.4. The van der Waals surface area contributed by atoms with Crippen molar-refractivity contribution in [3.63, 3.8) is 0 Å². The summed E-state index contributed by atoms with van der Waals surface area (Å²) in [6.07, 6.45) is 3.65. The summed E-state index contributed by atoms with van der Waals surface area (Å²) in [7, 11) is -1.86. The van der Waals surface area contributed by atoms with Crippen LogP contribution in [0.1, 0.15) is 39.5 Å². The Bertz CT molecular complexity index is 309. The van der Waals surface area contributed by atoms with E-state index in [1.165, 1.54) is 7.05 Å². The highest BCUT2D eigenvalue weighted by molar-refractivity contribution is 7.89. The summed E-state index contributed by atoms with van der Waals surface area (Å²) in [5.41, 5.74) is 0. The van der Waals surface area contributed by atoms with Crippen molar-refractivity contribution < 1.29 is 13.2 Å². The molecular weight excluding hydrogens is 240 g/mol. The molecule has 0 saturated heterocycles. The highest BCUT2D eigenvalue weighted by Crippen LogP contribution is 2.13. The van der Waals surface area contributed by atoms with E-state index < -0.39 is 10.0 Å². The zero-order valence-electron chi connectivity index (χ0n) is 11.0. The number of amides is 1. The summed E-state index contributed by atoms with van der Waals surface area (Å²) in [6, 6.07) is 0. The fraction of sp³-hybridized carbons (Fsp3) is 0.909. The van der Waals surface area contributed by atoms with Crippen LogP contribution >= 0.6 is 0 Å². The molecule has 0 aromatic rings. The molecule has 5 nitrogen and oxygen atoms in total. The molecule has 6 heteroatoms. The van der Waals surface area contributed by atoms with Gasteiger partial charge in [0.2, 0.25) is 15.9 Å². The summed E-state index contributed by atoms with van der Waals surface area (Å²) in [5, 5.41) is 2.68. The average molecular weight is 264 g/mol. The highest BCUT2D eigenvalue weighted by atomic mass is 32.2. The zero-order chi connectivity index (χ0) is 13.3. The molecule has 17 heavy (non-hydrogen) atoms. The molecule has 1 amide bonds. The summed E-state index contributed by atoms with van der Waals surface area (Å²) in [5.74, 6) is -0.0810. The fourth-order valence-electron chi connectivity index (χ4n) is 1.66. The topological polar surface area (TPSA) is 75.3 Å². The summed E-state index contributed by atoms with van der Waals surface area (Å²) >= 11 is 0. The Morgan fingerprint density at radius 3 is 2.12 bits per heavy atom. The number of carbonyl (C=O) groups excluding carboxylic acids is 1. The predicted octanol–water partition coefficient (Wildman–Crippen LogP) is 0.868. The molecule has 0 radical (unpaired) electrons. The standard InChI is InChI=1S/C11H24N2O3S/c1-4-6-10(7-5-2)11(14)13-8-9-17(15,16)12-3/h10,12H,4-9H2,1-3H3,(H,13,14). The summed E-state index contributed by atoms with van der Waals surface area (Å²) in [4.78, 5) is 11.8. The first-order chi connectivity index (χ1) is 7.96. The molecule has 0 saturated carbocycles. The van der Waals surface area contributed by atoms with E-state index in [0.29, 0.717) is 0 Å². The van der Waals surface area contributed by atoms with E-state index in [0.717, 1.165) is 25.7 Å². The van der Waals surface area contributed by atoms with Crippen molar-refractivity contribution in [2.75, 3.05) is 19.3 Å². The van der Waals surface area contributed by atoms with Crippen LogP contribution in [-0.2, 0) is 14.8 Å². The lowest BCUT2D eigenvalue weighted by molar-refractivity contribution is -0.125. The molecule has 0 rings (SSSR count). The third-order valence-electron chi connectivity index (χ3n) is 2.63. The minimum atomic E-state index is -3.23. The van der Waals surface area contributed by atoms with Gasteiger partial charge in [0.05, 0.1) is 5.75 Å². The molecule has 102 valence electrons. The molecule has 0 aliphatic rings. The number of hydrogen-bond acceptors (Lipinski definition) is 3. The van der Waals surface area contributed by atoms with Crippen molar-refractivity contribution in [1.82, 2.24) is 10.0 Å². The largest absolute Gasteiger partial charge is 0.355 e. The van der Waals surface area contributed by atoms with E-state index >= 15 is 0 Å². The zero-order valence-corrected chi connectivity index (χ0v) is 11.8. The highest BCUT2D eigenvalue weighted by Gasteiger charge is 2.16. The second-order valence-electron chi connectivity index (χ2n) is 4.09. The summed E-state index contributed by atoms with van der Waals surface area (Å²) in [6.45, 7) is 4.26. The van der Waals surface area contributed by atoms with Crippen LogP contribution < -0.4 is 10.0 Å². The lowest BCUT2D eigenvalue weighted by atomic mass is 9.97. The number of nitrogens with one attached hydrogen (secondary N) is 2. The fourth-order valence-corrected chi connectivity index (χ4v) is 2.23. The maximum atomic E-state index is 11.8. The van der Waals surface area contributed by atoms with Crippen LogP contribution in [0.25, 0.3) is 0 Å². The maximum Gasteiger partial charge on any atom is 0.223 e. The summed E-state index contributed by atoms with van der Waals surface area (Å²) < 4.78 is 24.5. The van der Waals surface area contributed by atoms with Crippen LogP contribution in [-0.4, -0.2) is 33.7 Å². The van der Waals surface area contributed by atoms with Crippen molar-refractivity contribution in [1.29, 1.82) is 0 Å². The normalized spacial score (nSPS) is 11.8. The van der Waals surface area contributed by atoms with E-state index in [-0.39, 0.29) is 24.1 Å². The second-order valence-corrected chi connectivity index (χ2v) is 6.13. The van der Waals surface area contributed by atoms with Gasteiger partial charge in [-0.25, -0.2) is 13.1 Å². The average Bonchev–Trinajstić information content (AvgIpc) is 2.28. The lowest BCUT2D eigenvalue weighted by Gasteiger charge is -2.15. The molecule has 0 aliphatic carbocycles. The second kappa shape index (κ2) is 8.47. The van der Waals surface area contributed by atoms with Gasteiger partial charge in [0.1, 0.15) is 0 Å². The third kappa shape index (κ3) is 7.33. The van der Waals surface area contributed by atoms with E-state index in [9.17, 15) is 13.2 Å². The minimum absolute atomic E-state index is 0.0160. The molecule has 0 heterocycles. The molecule has 0 atom stereocenters. The number of carbonyl (C=O) groups is 1. The van der Waals surface area contributed by atoms with Crippen molar-refractivity contribution in [3.05, 3.63) is 0 Å². The number of sulfonamides is 1. The maximum absolute atomic E-state index is 11.8. The van der Waals surface area contributed by atoms with Crippen molar-refractivity contribution in [3.8, 4) is 0 Å². The van der Waals surface area contributed by atoms with Gasteiger partial charge in [-0.05, 0) is 19.9 Å². The van der Waals surface area contributed by atoms with Crippen molar-refractivity contribution in [2.45, 2.75) is 39.5 Å². The van der Waals surface area contributed by atoms with Gasteiger partial charge >= 0.3 is 0 Å². The van der Waals surface area contributed by atoms with Crippen LogP contribution in [0.15, 0.2) is 0 Å². The Morgan fingerprint density at radius 1 is 1.18 bits per heavy atom. The molecule has 0 unspecified atom stereocenters. The Balaban J connectivity index is 4.06. The van der Waals surface area contributed by atoms with Gasteiger partial charge in [-0.2, -0.15) is 0 Å². The first-order valence-corrected chi connectivity index (χ1v) is 7.81. The molecule has 0 bridgehead atoms. The molecule has 0 spiro atoms. The van der Waals surface area contributed by atoms with Crippen LogP contribution in [0.3, 0.4) is 0 Å². The van der Waals surface area contributed by atoms with Gasteiger partial charge < -0.3 is 5.32 Å². The van der Waals surface area contributed by atoms with Gasteiger partial charge in [0.25, 0.3) is 0 Å². The van der Waals surface area contributed by atoms with Gasteiger partial charge in [-0.15, -0.1) is 0 Å². The molecule has 2 N–H and O–H groups in total. The Hall–Kier alpha value is -0.620. The smallest absolute Gasteiger partial charge is 0.223 e. The molecular formula is C11H24N2O3S. The molecule has 0 aromatic carbocycles. The van der Waals surface area contributed by atoms with E-state index in [1.54, 1.807) is 0 Å². The molecule has 0 fully saturated rings. The van der Waals surface area contributed by atoms with Crippen LogP contribution in [0.5, 0.6) is 0 Å². The molecule has 0 aromatic heterocycles. The minimum Gasteiger partial charge on any atom is -0.355 e. The van der Waals surface area contributed by atoms with Crippen molar-refractivity contribution >= 4 is 15.9 Å². The predicted molar refractivity (Wildman–Crippen MR) is 69.2 cm³/mol. The number of rotatable bonds is 9. The van der Waals surface area contributed by atoms with Gasteiger partial charge in [-0.1, -0.05) is 26.7 Å². The van der Waals surface area contributed by atoms with Crippen LogP contribution in [0.2, 0.25) is 0 Å². The van der Waals surface area contributed by atoms with Crippen LogP contribution in [0, 0.1) is 5.92 Å². The quantitative estimate of drug-likeness (QED) is 0.649. The van der Waals surface area contributed by atoms with Gasteiger partial charge in [-0.3, -0.25) is 4.79 Å². The Kier molecular flexibility index (Phi) is 8.16. The van der Waals surface area contributed by atoms with Crippen molar-refractivity contribution in [2.24, 2.45) is 5.92 Å². The SMILES string of the molecule is CCCC(CCC)C(=O)NCCS(=O)(=O)NC. The monoisotopic (exact) mass is 264 g/mol. The Labute approximate surface area is 104 Å². The van der Waals surface area contributed by atoms with E-state index in [1.807, 2.05) is 13.8 Å². The molecule has 0 aliphatic heterocycles. The Morgan fingerprint density at radius 2 is 1.71 bits per heavy atom. The van der Waals surface area contributed by atoms with E-state index in [4.69, 9.17) is 0 Å². The van der Waals surface area contributed by atoms with Gasteiger partial charge in [0.15, 0.2) is 0 Å².